The SMILES string of the molecule is CCn1cnc2c(NC(c3nccn3C)C3CCOCC3)ncnc21. The molecule has 1 aliphatic rings. The second-order valence-electron chi connectivity index (χ2n) is 6.39. The lowest BCUT2D eigenvalue weighted by Gasteiger charge is -2.30. The lowest BCUT2D eigenvalue weighted by atomic mass is 9.91. The van der Waals surface area contributed by atoms with Gasteiger partial charge < -0.3 is 19.2 Å². The van der Waals surface area contributed by atoms with Crippen LogP contribution in [0.3, 0.4) is 0 Å². The smallest absolute Gasteiger partial charge is 0.165 e. The van der Waals surface area contributed by atoms with Crippen LogP contribution in [0.2, 0.25) is 0 Å². The molecular formula is C17H23N7O. The van der Waals surface area contributed by atoms with E-state index in [1.54, 1.807) is 6.33 Å². The number of hydrogen-bond donors (Lipinski definition) is 1. The molecule has 8 heteroatoms. The average molecular weight is 341 g/mol. The van der Waals surface area contributed by atoms with Gasteiger partial charge >= 0.3 is 0 Å². The third-order valence-electron chi connectivity index (χ3n) is 4.91. The Bertz CT molecular complexity index is 850. The molecule has 1 fully saturated rings. The van der Waals surface area contributed by atoms with Crippen LogP contribution in [-0.4, -0.2) is 42.3 Å². The number of nitrogens with one attached hydrogen (secondary N) is 1. The van der Waals surface area contributed by atoms with Gasteiger partial charge in [-0.3, -0.25) is 0 Å². The molecule has 0 bridgehead atoms. The van der Waals surface area contributed by atoms with E-state index < -0.39 is 0 Å². The number of hydrogen-bond acceptors (Lipinski definition) is 6. The number of anilines is 1. The summed E-state index contributed by atoms with van der Waals surface area (Å²) in [5.41, 5.74) is 1.65. The minimum Gasteiger partial charge on any atom is -0.381 e. The third kappa shape index (κ3) is 2.97. The van der Waals surface area contributed by atoms with Crippen LogP contribution in [0.4, 0.5) is 5.82 Å². The molecule has 4 heterocycles. The zero-order valence-electron chi connectivity index (χ0n) is 14.6. The Morgan fingerprint density at radius 3 is 2.80 bits per heavy atom. The van der Waals surface area contributed by atoms with Crippen molar-refractivity contribution in [2.75, 3.05) is 18.5 Å². The van der Waals surface area contributed by atoms with E-state index in [0.29, 0.717) is 5.92 Å². The molecule has 8 nitrogen and oxygen atoms in total. The molecule has 132 valence electrons. The molecule has 4 rings (SSSR count). The van der Waals surface area contributed by atoms with Gasteiger partial charge in [0.05, 0.1) is 12.4 Å². The number of nitrogens with zero attached hydrogens (tertiary/aromatic N) is 6. The molecule has 1 atom stereocenters. The standard InChI is InChI=1S/C17H23N7O/c1-3-24-11-21-14-15(19-10-20-17(14)24)22-13(12-4-8-25-9-5-12)16-18-6-7-23(16)2/h6-7,10-13H,3-5,8-9H2,1-2H3,(H,19,20,22). The molecule has 0 aliphatic carbocycles. The fourth-order valence-electron chi connectivity index (χ4n) is 3.48. The van der Waals surface area contributed by atoms with Crippen LogP contribution < -0.4 is 5.32 Å². The second-order valence-corrected chi connectivity index (χ2v) is 6.39. The minimum atomic E-state index is 0.0637. The van der Waals surface area contributed by atoms with Crippen LogP contribution in [0, 0.1) is 5.92 Å². The van der Waals surface area contributed by atoms with Crippen molar-refractivity contribution in [2.45, 2.75) is 32.4 Å². The van der Waals surface area contributed by atoms with E-state index in [-0.39, 0.29) is 6.04 Å². The predicted octanol–water partition coefficient (Wildman–Crippen LogP) is 2.16. The van der Waals surface area contributed by atoms with Gasteiger partial charge in [0.2, 0.25) is 0 Å². The largest absolute Gasteiger partial charge is 0.381 e. The molecular weight excluding hydrogens is 318 g/mol. The first-order chi connectivity index (χ1) is 12.3. The summed E-state index contributed by atoms with van der Waals surface area (Å²) in [6.45, 7) is 4.48. The molecule has 1 unspecified atom stereocenters. The van der Waals surface area contributed by atoms with Gasteiger partial charge in [-0.25, -0.2) is 19.9 Å². The summed E-state index contributed by atoms with van der Waals surface area (Å²) in [4.78, 5) is 17.9. The number of aryl methyl sites for hydroxylation is 2. The summed E-state index contributed by atoms with van der Waals surface area (Å²) in [5, 5.41) is 3.61. The Balaban J connectivity index is 1.71. The number of imidazole rings is 2. The average Bonchev–Trinajstić information content (AvgIpc) is 3.26. The zero-order chi connectivity index (χ0) is 17.2. The maximum absolute atomic E-state index is 5.54. The molecule has 25 heavy (non-hydrogen) atoms. The number of ether oxygens (including phenoxy) is 1. The van der Waals surface area contributed by atoms with Crippen LogP contribution >= 0.6 is 0 Å². The van der Waals surface area contributed by atoms with Crippen molar-refractivity contribution in [1.29, 1.82) is 0 Å². The Morgan fingerprint density at radius 1 is 1.24 bits per heavy atom. The summed E-state index contributed by atoms with van der Waals surface area (Å²) < 4.78 is 9.63. The van der Waals surface area contributed by atoms with Gasteiger partial charge in [0.1, 0.15) is 17.7 Å². The minimum absolute atomic E-state index is 0.0637. The zero-order valence-corrected chi connectivity index (χ0v) is 14.6. The second kappa shape index (κ2) is 6.79. The van der Waals surface area contributed by atoms with E-state index in [0.717, 1.165) is 55.4 Å². The Morgan fingerprint density at radius 2 is 2.08 bits per heavy atom. The van der Waals surface area contributed by atoms with E-state index in [2.05, 4.69) is 36.7 Å². The first-order valence-corrected chi connectivity index (χ1v) is 8.75. The molecule has 0 amide bonds. The first kappa shape index (κ1) is 16.0. The van der Waals surface area contributed by atoms with E-state index in [1.807, 2.05) is 30.3 Å². The lowest BCUT2D eigenvalue weighted by Crippen LogP contribution is -2.29. The summed E-state index contributed by atoms with van der Waals surface area (Å²) in [5.74, 6) is 2.21. The highest BCUT2D eigenvalue weighted by molar-refractivity contribution is 5.82. The van der Waals surface area contributed by atoms with E-state index in [9.17, 15) is 0 Å². The lowest BCUT2D eigenvalue weighted by molar-refractivity contribution is 0.0594. The van der Waals surface area contributed by atoms with Crippen LogP contribution in [-0.2, 0) is 18.3 Å². The fourth-order valence-corrected chi connectivity index (χ4v) is 3.48. The van der Waals surface area contributed by atoms with Crippen LogP contribution in [0.5, 0.6) is 0 Å². The normalized spacial score (nSPS) is 17.0. The first-order valence-electron chi connectivity index (χ1n) is 8.75. The molecule has 0 aromatic carbocycles. The summed E-state index contributed by atoms with van der Waals surface area (Å²) in [7, 11) is 2.03. The quantitative estimate of drug-likeness (QED) is 0.766. The molecule has 1 N–H and O–H groups in total. The fraction of sp³-hybridized carbons (Fsp3) is 0.529. The van der Waals surface area contributed by atoms with Gasteiger partial charge in [-0.15, -0.1) is 0 Å². The van der Waals surface area contributed by atoms with Crippen molar-refractivity contribution in [3.63, 3.8) is 0 Å². The molecule has 1 saturated heterocycles. The summed E-state index contributed by atoms with van der Waals surface area (Å²) in [6, 6.07) is 0.0637. The van der Waals surface area contributed by atoms with Crippen molar-refractivity contribution in [3.05, 3.63) is 30.9 Å². The van der Waals surface area contributed by atoms with Crippen LogP contribution in [0.15, 0.2) is 25.0 Å². The van der Waals surface area contributed by atoms with Crippen molar-refractivity contribution in [2.24, 2.45) is 13.0 Å². The van der Waals surface area contributed by atoms with Gasteiger partial charge in [0.25, 0.3) is 0 Å². The van der Waals surface area contributed by atoms with Gasteiger partial charge in [-0.2, -0.15) is 0 Å². The molecule has 0 saturated carbocycles. The van der Waals surface area contributed by atoms with Crippen molar-refractivity contribution >= 4 is 17.0 Å². The van der Waals surface area contributed by atoms with Crippen LogP contribution in [0.25, 0.3) is 11.2 Å². The maximum atomic E-state index is 5.54. The number of rotatable bonds is 5. The Hall–Kier alpha value is -2.48. The van der Waals surface area contributed by atoms with Crippen LogP contribution in [0.1, 0.15) is 31.6 Å². The molecule has 3 aromatic heterocycles. The van der Waals surface area contributed by atoms with Gasteiger partial charge in [-0.1, -0.05) is 0 Å². The van der Waals surface area contributed by atoms with Crippen molar-refractivity contribution in [3.8, 4) is 0 Å². The molecule has 0 radical (unpaired) electrons. The van der Waals surface area contributed by atoms with Crippen molar-refractivity contribution in [1.82, 2.24) is 29.1 Å². The van der Waals surface area contributed by atoms with Gasteiger partial charge in [0, 0.05) is 39.2 Å². The monoisotopic (exact) mass is 341 g/mol. The summed E-state index contributed by atoms with van der Waals surface area (Å²) in [6.07, 6.45) is 9.23. The highest BCUT2D eigenvalue weighted by Crippen LogP contribution is 2.33. The maximum Gasteiger partial charge on any atom is 0.165 e. The molecule has 3 aromatic rings. The molecule has 0 spiro atoms. The summed E-state index contributed by atoms with van der Waals surface area (Å²) >= 11 is 0. The van der Waals surface area contributed by atoms with E-state index in [4.69, 9.17) is 4.74 Å². The van der Waals surface area contributed by atoms with Crippen molar-refractivity contribution < 1.29 is 4.74 Å². The number of fused-ring (bicyclic) bond motifs is 1. The number of aromatic nitrogens is 6. The highest BCUT2D eigenvalue weighted by Gasteiger charge is 2.29. The molecule has 1 aliphatic heterocycles. The topological polar surface area (TPSA) is 82.7 Å². The predicted molar refractivity (Wildman–Crippen MR) is 94.1 cm³/mol. The third-order valence-corrected chi connectivity index (χ3v) is 4.91. The van der Waals surface area contributed by atoms with E-state index >= 15 is 0 Å². The Labute approximate surface area is 146 Å². The van der Waals surface area contributed by atoms with Gasteiger partial charge in [-0.05, 0) is 25.7 Å². The Kier molecular flexibility index (Phi) is 4.35. The van der Waals surface area contributed by atoms with E-state index in [1.165, 1.54) is 0 Å². The van der Waals surface area contributed by atoms with Gasteiger partial charge in [0.15, 0.2) is 11.5 Å². The highest BCUT2D eigenvalue weighted by atomic mass is 16.5.